The van der Waals surface area contributed by atoms with Crippen molar-refractivity contribution in [1.29, 1.82) is 0 Å². The van der Waals surface area contributed by atoms with Gasteiger partial charge in [0.1, 0.15) is 11.4 Å². The van der Waals surface area contributed by atoms with Crippen LogP contribution in [-0.2, 0) is 0 Å². The smallest absolute Gasteiger partial charge is 0.267 e. The number of methoxy groups -OCH3 is 1. The largest absolute Gasteiger partial charge is 0.481 e. The maximum Gasteiger partial charge on any atom is 0.267 e. The zero-order valence-corrected chi connectivity index (χ0v) is 23.1. The molecule has 0 aliphatic carbocycles. The Balaban J connectivity index is 1.46. The van der Waals surface area contributed by atoms with Gasteiger partial charge in [0.15, 0.2) is 5.65 Å². The molecule has 0 saturated carbocycles. The highest BCUT2D eigenvalue weighted by Crippen LogP contribution is 2.21. The summed E-state index contributed by atoms with van der Waals surface area (Å²) < 4.78 is 8.20. The topological polar surface area (TPSA) is 116 Å². The van der Waals surface area contributed by atoms with Crippen LogP contribution in [0.4, 0.5) is 0 Å². The van der Waals surface area contributed by atoms with E-state index in [4.69, 9.17) is 9.72 Å². The standard InChI is InChI=1S/C32H25N7O3/c1-20-27(30-33-17-8-18-38(30)37-20)31(40)35-21(2)29-36-25-12-7-9-23(15-13-22-14-16-26(42-3)34-19-22)28(25)32(41)39(29)24-10-5-4-6-11-24/h4-12,14,16-19,21H,1-3H3,(H,35,40)/t21-/m1/s1. The van der Waals surface area contributed by atoms with Crippen molar-refractivity contribution in [3.63, 3.8) is 0 Å². The van der Waals surface area contributed by atoms with Gasteiger partial charge in [-0.15, -0.1) is 0 Å². The quantitative estimate of drug-likeness (QED) is 0.319. The first-order chi connectivity index (χ1) is 20.4. The van der Waals surface area contributed by atoms with E-state index in [-0.39, 0.29) is 11.5 Å². The second-order valence-electron chi connectivity index (χ2n) is 9.53. The zero-order chi connectivity index (χ0) is 29.2. The maximum absolute atomic E-state index is 14.2. The van der Waals surface area contributed by atoms with Gasteiger partial charge in [0.25, 0.3) is 11.5 Å². The van der Waals surface area contributed by atoms with Gasteiger partial charge in [-0.3, -0.25) is 14.2 Å². The van der Waals surface area contributed by atoms with Crippen molar-refractivity contribution in [3.8, 4) is 23.4 Å². The molecule has 1 amide bonds. The van der Waals surface area contributed by atoms with Crippen molar-refractivity contribution in [1.82, 2.24) is 34.4 Å². The molecule has 6 aromatic rings. The summed E-state index contributed by atoms with van der Waals surface area (Å²) in [6.45, 7) is 3.55. The third kappa shape index (κ3) is 4.84. The number of aryl methyl sites for hydroxylation is 1. The van der Waals surface area contributed by atoms with Gasteiger partial charge >= 0.3 is 0 Å². The van der Waals surface area contributed by atoms with E-state index in [0.29, 0.717) is 56.3 Å². The Morgan fingerprint density at radius 3 is 2.60 bits per heavy atom. The van der Waals surface area contributed by atoms with E-state index >= 15 is 0 Å². The van der Waals surface area contributed by atoms with E-state index in [0.717, 1.165) is 0 Å². The van der Waals surface area contributed by atoms with E-state index in [1.807, 2.05) is 30.3 Å². The number of fused-ring (bicyclic) bond motifs is 2. The van der Waals surface area contributed by atoms with Crippen molar-refractivity contribution < 1.29 is 9.53 Å². The number of nitrogens with zero attached hydrogens (tertiary/aromatic N) is 6. The lowest BCUT2D eigenvalue weighted by molar-refractivity contribution is 0.0938. The fourth-order valence-electron chi connectivity index (χ4n) is 4.78. The van der Waals surface area contributed by atoms with Crippen LogP contribution >= 0.6 is 0 Å². The molecule has 1 atom stereocenters. The molecule has 1 N–H and O–H groups in total. The Labute approximate surface area is 240 Å². The van der Waals surface area contributed by atoms with Crippen LogP contribution in [0, 0.1) is 18.8 Å². The van der Waals surface area contributed by atoms with E-state index in [9.17, 15) is 9.59 Å². The molecule has 0 bridgehead atoms. The number of ether oxygens (including phenoxy) is 1. The fourth-order valence-corrected chi connectivity index (χ4v) is 4.78. The minimum absolute atomic E-state index is 0.297. The number of nitrogens with one attached hydrogen (secondary N) is 1. The average molecular weight is 556 g/mol. The van der Waals surface area contributed by atoms with Gasteiger partial charge < -0.3 is 10.1 Å². The van der Waals surface area contributed by atoms with Crippen molar-refractivity contribution in [2.75, 3.05) is 7.11 Å². The highest BCUT2D eigenvalue weighted by Gasteiger charge is 2.24. The highest BCUT2D eigenvalue weighted by atomic mass is 16.5. The predicted molar refractivity (Wildman–Crippen MR) is 158 cm³/mol. The molecule has 206 valence electrons. The van der Waals surface area contributed by atoms with Crippen LogP contribution in [0.3, 0.4) is 0 Å². The molecule has 0 saturated heterocycles. The lowest BCUT2D eigenvalue weighted by Gasteiger charge is -2.20. The average Bonchev–Trinajstić information content (AvgIpc) is 3.36. The van der Waals surface area contributed by atoms with Gasteiger partial charge in [-0.05, 0) is 50.2 Å². The Kier molecular flexibility index (Phi) is 6.90. The number of amides is 1. The number of carbonyl (C=O) groups excluding carboxylic acids is 1. The molecule has 10 heteroatoms. The number of hydrogen-bond donors (Lipinski definition) is 1. The number of pyridine rings is 1. The lowest BCUT2D eigenvalue weighted by Crippen LogP contribution is -2.33. The van der Waals surface area contributed by atoms with Gasteiger partial charge in [0.05, 0.1) is 35.4 Å². The van der Waals surface area contributed by atoms with E-state index in [1.165, 1.54) is 4.57 Å². The molecule has 0 aliphatic heterocycles. The molecule has 0 spiro atoms. The number of benzene rings is 2. The second-order valence-corrected chi connectivity index (χ2v) is 9.53. The molecule has 0 radical (unpaired) electrons. The summed E-state index contributed by atoms with van der Waals surface area (Å²) in [7, 11) is 1.55. The first-order valence-corrected chi connectivity index (χ1v) is 13.2. The molecular weight excluding hydrogens is 530 g/mol. The molecule has 4 heterocycles. The minimum atomic E-state index is -0.645. The summed E-state index contributed by atoms with van der Waals surface area (Å²) in [5.74, 6) is 6.69. The third-order valence-electron chi connectivity index (χ3n) is 6.76. The zero-order valence-electron chi connectivity index (χ0n) is 23.1. The predicted octanol–water partition coefficient (Wildman–Crippen LogP) is 4.03. The van der Waals surface area contributed by atoms with Gasteiger partial charge in [0.2, 0.25) is 5.88 Å². The van der Waals surface area contributed by atoms with Crippen molar-refractivity contribution in [3.05, 3.63) is 124 Å². The summed E-state index contributed by atoms with van der Waals surface area (Å²) in [4.78, 5) is 41.1. The normalized spacial score (nSPS) is 11.6. The molecule has 0 fully saturated rings. The van der Waals surface area contributed by atoms with Crippen LogP contribution in [0.15, 0.2) is 90.1 Å². The van der Waals surface area contributed by atoms with Gasteiger partial charge in [0, 0.05) is 35.8 Å². The molecule has 6 rings (SSSR count). The highest BCUT2D eigenvalue weighted by molar-refractivity contribution is 6.01. The molecule has 4 aromatic heterocycles. The Bertz CT molecular complexity index is 2070. The van der Waals surface area contributed by atoms with Crippen LogP contribution in [0.1, 0.15) is 46.0 Å². The SMILES string of the molecule is COc1ccc(C#Cc2cccc3nc([C@@H](C)NC(=O)c4c(C)nn5cccnc45)n(-c4ccccc4)c(=O)c23)cn1. The van der Waals surface area contributed by atoms with Crippen LogP contribution in [0.25, 0.3) is 22.2 Å². The van der Waals surface area contributed by atoms with Crippen LogP contribution < -0.4 is 15.6 Å². The van der Waals surface area contributed by atoms with Crippen molar-refractivity contribution >= 4 is 22.5 Å². The summed E-state index contributed by atoms with van der Waals surface area (Å²) in [5, 5.41) is 7.77. The summed E-state index contributed by atoms with van der Waals surface area (Å²) in [6.07, 6.45) is 4.96. The Morgan fingerprint density at radius 2 is 1.83 bits per heavy atom. The number of hydrogen-bond acceptors (Lipinski definition) is 7. The number of carbonyl (C=O) groups is 1. The number of rotatable bonds is 5. The Morgan fingerprint density at radius 1 is 1.00 bits per heavy atom. The lowest BCUT2D eigenvalue weighted by atomic mass is 10.1. The molecule has 0 unspecified atom stereocenters. The summed E-state index contributed by atoms with van der Waals surface area (Å²) in [6, 6.07) is 19.2. The van der Waals surface area contributed by atoms with Crippen LogP contribution in [0.5, 0.6) is 5.88 Å². The summed E-state index contributed by atoms with van der Waals surface area (Å²) in [5.41, 5.74) is 3.34. The molecule has 0 aliphatic rings. The first-order valence-electron chi connectivity index (χ1n) is 13.2. The van der Waals surface area contributed by atoms with E-state index in [2.05, 4.69) is 32.2 Å². The second kappa shape index (κ2) is 11.0. The molecule has 42 heavy (non-hydrogen) atoms. The molecule has 10 nitrogen and oxygen atoms in total. The van der Waals surface area contributed by atoms with E-state index < -0.39 is 6.04 Å². The van der Waals surface area contributed by atoms with Gasteiger partial charge in [-0.1, -0.05) is 36.1 Å². The third-order valence-corrected chi connectivity index (χ3v) is 6.76. The first kappa shape index (κ1) is 26.4. The Hall–Kier alpha value is -5.82. The monoisotopic (exact) mass is 555 g/mol. The van der Waals surface area contributed by atoms with Crippen molar-refractivity contribution in [2.45, 2.75) is 19.9 Å². The number of aromatic nitrogens is 6. The minimum Gasteiger partial charge on any atom is -0.481 e. The fraction of sp³-hybridized carbons (Fsp3) is 0.125. The van der Waals surface area contributed by atoms with Gasteiger partial charge in [-0.2, -0.15) is 5.10 Å². The van der Waals surface area contributed by atoms with Crippen LogP contribution in [-0.4, -0.2) is 42.2 Å². The number of para-hydroxylation sites is 1. The van der Waals surface area contributed by atoms with Gasteiger partial charge in [-0.25, -0.2) is 19.5 Å². The molecule has 2 aromatic carbocycles. The van der Waals surface area contributed by atoms with Crippen LogP contribution in [0.2, 0.25) is 0 Å². The molecular formula is C32H25N7O3. The van der Waals surface area contributed by atoms with E-state index in [1.54, 1.807) is 80.5 Å². The summed E-state index contributed by atoms with van der Waals surface area (Å²) >= 11 is 0. The maximum atomic E-state index is 14.2. The van der Waals surface area contributed by atoms with Crippen molar-refractivity contribution in [2.24, 2.45) is 0 Å².